The van der Waals surface area contributed by atoms with Crippen LogP contribution in [0.1, 0.15) is 27.8 Å². The van der Waals surface area contributed by atoms with Crippen LogP contribution in [0.15, 0.2) is 10.9 Å². The lowest BCUT2D eigenvalue weighted by Crippen LogP contribution is -2.21. The molecule has 1 aliphatic rings. The Kier molecular flexibility index (Phi) is 1.87. The van der Waals surface area contributed by atoms with Crippen LogP contribution in [0.4, 0.5) is 0 Å². The lowest BCUT2D eigenvalue weighted by Gasteiger charge is -2.17. The highest BCUT2D eigenvalue weighted by Crippen LogP contribution is 2.38. The van der Waals surface area contributed by atoms with Gasteiger partial charge in [0.1, 0.15) is 5.69 Å². The third-order valence-corrected chi connectivity index (χ3v) is 2.94. The smallest absolute Gasteiger partial charge is 0.358 e. The number of aromatic nitrogens is 3. The van der Waals surface area contributed by atoms with Crippen LogP contribution >= 0.6 is 0 Å². The van der Waals surface area contributed by atoms with Gasteiger partial charge in [-0.3, -0.25) is 0 Å². The van der Waals surface area contributed by atoms with Gasteiger partial charge >= 0.3 is 5.97 Å². The Morgan fingerprint density at radius 3 is 3.18 bits per heavy atom. The number of nitrogens with two attached hydrogens (primary N) is 1. The molecule has 7 heteroatoms. The van der Waals surface area contributed by atoms with Crippen LogP contribution in [0.3, 0.4) is 0 Å². The minimum Gasteiger partial charge on any atom is -0.476 e. The lowest BCUT2D eigenvalue weighted by atomic mass is 9.92. The predicted molar refractivity (Wildman–Crippen MR) is 56.3 cm³/mol. The fraction of sp³-hybridized carbons (Fsp3) is 0.300. The predicted octanol–water partition coefficient (Wildman–Crippen LogP) is 0.329. The van der Waals surface area contributed by atoms with Crippen molar-refractivity contribution in [2.24, 2.45) is 12.8 Å². The molecule has 2 heterocycles. The molecule has 0 aromatic carbocycles. The van der Waals surface area contributed by atoms with Gasteiger partial charge < -0.3 is 19.9 Å². The highest BCUT2D eigenvalue weighted by Gasteiger charge is 2.34. The van der Waals surface area contributed by atoms with Gasteiger partial charge in [-0.25, -0.2) is 9.78 Å². The van der Waals surface area contributed by atoms with Gasteiger partial charge in [0, 0.05) is 19.5 Å². The first-order valence-corrected chi connectivity index (χ1v) is 5.08. The topological polar surface area (TPSA) is 107 Å². The summed E-state index contributed by atoms with van der Waals surface area (Å²) in [6.45, 7) is 0. The zero-order valence-electron chi connectivity index (χ0n) is 9.04. The van der Waals surface area contributed by atoms with Crippen molar-refractivity contribution in [1.82, 2.24) is 14.7 Å². The number of carbonyl (C=O) groups is 1. The van der Waals surface area contributed by atoms with Crippen LogP contribution in [0.5, 0.6) is 0 Å². The summed E-state index contributed by atoms with van der Waals surface area (Å²) in [7, 11) is 1.81. The normalized spacial score (nSPS) is 17.6. The number of hydrogen-bond donors (Lipinski definition) is 2. The van der Waals surface area contributed by atoms with Crippen LogP contribution in [0, 0.1) is 0 Å². The van der Waals surface area contributed by atoms with Crippen molar-refractivity contribution in [3.8, 4) is 11.5 Å². The van der Waals surface area contributed by atoms with Crippen molar-refractivity contribution in [2.45, 2.75) is 12.5 Å². The van der Waals surface area contributed by atoms with Gasteiger partial charge in [-0.15, -0.1) is 0 Å². The highest BCUT2D eigenvalue weighted by atomic mass is 16.5. The molecule has 0 saturated heterocycles. The molecule has 1 aliphatic carbocycles. The molecule has 1 unspecified atom stereocenters. The zero-order valence-corrected chi connectivity index (χ0v) is 9.04. The quantitative estimate of drug-likeness (QED) is 0.736. The number of carboxylic acids is 1. The van der Waals surface area contributed by atoms with Crippen molar-refractivity contribution in [3.63, 3.8) is 0 Å². The van der Waals surface area contributed by atoms with Crippen molar-refractivity contribution < 1.29 is 14.4 Å². The molecule has 17 heavy (non-hydrogen) atoms. The SMILES string of the molecule is Cn1cnc2c1-c1onc(C(=O)O)c1C(N)C2. The molecule has 1 atom stereocenters. The van der Waals surface area contributed by atoms with Crippen molar-refractivity contribution in [2.75, 3.05) is 0 Å². The highest BCUT2D eigenvalue weighted by molar-refractivity contribution is 5.89. The van der Waals surface area contributed by atoms with Gasteiger partial charge in [0.15, 0.2) is 11.5 Å². The van der Waals surface area contributed by atoms with Gasteiger partial charge in [-0.1, -0.05) is 5.16 Å². The molecule has 2 aromatic heterocycles. The molecule has 0 spiro atoms. The largest absolute Gasteiger partial charge is 0.476 e. The van der Waals surface area contributed by atoms with E-state index in [0.717, 1.165) is 11.4 Å². The summed E-state index contributed by atoms with van der Waals surface area (Å²) in [6, 6.07) is -0.440. The molecule has 2 aromatic rings. The van der Waals surface area contributed by atoms with Crippen LogP contribution in [0.2, 0.25) is 0 Å². The van der Waals surface area contributed by atoms with E-state index in [9.17, 15) is 4.79 Å². The zero-order chi connectivity index (χ0) is 12.2. The summed E-state index contributed by atoms with van der Waals surface area (Å²) in [4.78, 5) is 15.2. The molecule has 3 rings (SSSR count). The number of aryl methyl sites for hydroxylation is 1. The van der Waals surface area contributed by atoms with Gasteiger partial charge in [-0.05, 0) is 0 Å². The lowest BCUT2D eigenvalue weighted by molar-refractivity contribution is 0.0684. The monoisotopic (exact) mass is 234 g/mol. The van der Waals surface area contributed by atoms with Gasteiger partial charge in [0.05, 0.1) is 17.6 Å². The molecule has 3 N–H and O–H groups in total. The first-order chi connectivity index (χ1) is 8.09. The number of rotatable bonds is 1. The van der Waals surface area contributed by atoms with E-state index in [1.54, 1.807) is 10.9 Å². The fourth-order valence-corrected chi connectivity index (χ4v) is 2.20. The number of nitrogens with zero attached hydrogens (tertiary/aromatic N) is 3. The van der Waals surface area contributed by atoms with E-state index < -0.39 is 12.0 Å². The van der Waals surface area contributed by atoms with E-state index in [2.05, 4.69) is 10.1 Å². The molecule has 0 aliphatic heterocycles. The van der Waals surface area contributed by atoms with Crippen molar-refractivity contribution >= 4 is 5.97 Å². The van der Waals surface area contributed by atoms with Crippen molar-refractivity contribution in [1.29, 1.82) is 0 Å². The molecular formula is C10H10N4O3. The summed E-state index contributed by atoms with van der Waals surface area (Å²) < 4.78 is 6.89. The minimum atomic E-state index is -1.13. The summed E-state index contributed by atoms with van der Waals surface area (Å²) in [5.74, 6) is -0.716. The Labute approximate surface area is 95.8 Å². The van der Waals surface area contributed by atoms with E-state index in [-0.39, 0.29) is 5.69 Å². The molecule has 88 valence electrons. The molecule has 7 nitrogen and oxygen atoms in total. The Morgan fingerprint density at radius 1 is 1.71 bits per heavy atom. The molecule has 0 fully saturated rings. The maximum Gasteiger partial charge on any atom is 0.358 e. The first-order valence-electron chi connectivity index (χ1n) is 5.08. The van der Waals surface area contributed by atoms with Crippen LogP contribution in [0.25, 0.3) is 11.5 Å². The Balaban J connectivity index is 2.30. The molecule has 0 saturated carbocycles. The Hall–Kier alpha value is -2.15. The average molecular weight is 234 g/mol. The number of fused-ring (bicyclic) bond motifs is 3. The Morgan fingerprint density at radius 2 is 2.47 bits per heavy atom. The second-order valence-electron chi connectivity index (χ2n) is 4.04. The maximum absolute atomic E-state index is 11.0. The first kappa shape index (κ1) is 10.0. The standard InChI is InChI=1S/C10H10N4O3/c1-14-3-12-5-2-4(11)6-7(10(15)16)13-17-9(6)8(5)14/h3-4H,2,11H2,1H3,(H,15,16). The summed E-state index contributed by atoms with van der Waals surface area (Å²) in [6.07, 6.45) is 2.14. The van der Waals surface area contributed by atoms with Gasteiger partial charge in [0.25, 0.3) is 0 Å². The molecule has 0 bridgehead atoms. The van der Waals surface area contributed by atoms with E-state index in [0.29, 0.717) is 17.7 Å². The summed E-state index contributed by atoms with van der Waals surface area (Å²) >= 11 is 0. The van der Waals surface area contributed by atoms with Crippen LogP contribution in [-0.4, -0.2) is 25.8 Å². The third-order valence-electron chi connectivity index (χ3n) is 2.94. The summed E-state index contributed by atoms with van der Waals surface area (Å²) in [5.41, 5.74) is 7.84. The average Bonchev–Trinajstić information content (AvgIpc) is 2.82. The number of hydrogen-bond acceptors (Lipinski definition) is 5. The maximum atomic E-state index is 11.0. The van der Waals surface area contributed by atoms with Crippen LogP contribution in [-0.2, 0) is 13.5 Å². The Bertz CT molecular complexity index is 613. The summed E-state index contributed by atoms with van der Waals surface area (Å²) in [5, 5.41) is 12.6. The third kappa shape index (κ3) is 1.22. The number of carboxylic acid groups (broad SMARTS) is 1. The number of imidazole rings is 1. The van der Waals surface area contributed by atoms with E-state index >= 15 is 0 Å². The number of aromatic carboxylic acids is 1. The van der Waals surface area contributed by atoms with Crippen LogP contribution < -0.4 is 5.73 Å². The second-order valence-corrected chi connectivity index (χ2v) is 4.04. The van der Waals surface area contributed by atoms with E-state index in [1.807, 2.05) is 7.05 Å². The van der Waals surface area contributed by atoms with Crippen molar-refractivity contribution in [3.05, 3.63) is 23.3 Å². The molecular weight excluding hydrogens is 224 g/mol. The van der Waals surface area contributed by atoms with Gasteiger partial charge in [-0.2, -0.15) is 0 Å². The minimum absolute atomic E-state index is 0.112. The second kappa shape index (κ2) is 3.17. The fourth-order valence-electron chi connectivity index (χ4n) is 2.20. The molecule has 0 amide bonds. The molecule has 0 radical (unpaired) electrons. The van der Waals surface area contributed by atoms with E-state index in [4.69, 9.17) is 15.4 Å². The van der Waals surface area contributed by atoms with Gasteiger partial charge in [0.2, 0.25) is 0 Å². The van der Waals surface area contributed by atoms with E-state index in [1.165, 1.54) is 0 Å².